The molecule has 0 aliphatic heterocycles. The molecule has 0 heterocycles. The summed E-state index contributed by atoms with van der Waals surface area (Å²) < 4.78 is 5.49. The van der Waals surface area contributed by atoms with Crippen molar-refractivity contribution in [3.05, 3.63) is 24.3 Å². The van der Waals surface area contributed by atoms with Gasteiger partial charge in [-0.1, -0.05) is 12.1 Å². The van der Waals surface area contributed by atoms with Gasteiger partial charge in [-0.2, -0.15) is 0 Å². The van der Waals surface area contributed by atoms with Crippen LogP contribution in [-0.2, 0) is 0 Å². The number of ether oxygens (including phenoxy) is 1. The fraction of sp³-hybridized carbons (Fsp3) is 0.333. The number of hydrogen-bond donors (Lipinski definition) is 2. The lowest BCUT2D eigenvalue weighted by molar-refractivity contribution is 0.303. The summed E-state index contributed by atoms with van der Waals surface area (Å²) in [5.74, 6) is 0.716. The molecular formula is C9H11BO3. The molecular weight excluding hydrogens is 167 g/mol. The van der Waals surface area contributed by atoms with E-state index in [2.05, 4.69) is 0 Å². The second-order valence-electron chi connectivity index (χ2n) is 3.26. The number of hydrogen-bond acceptors (Lipinski definition) is 3. The summed E-state index contributed by atoms with van der Waals surface area (Å²) in [7, 11) is -1.41. The normalized spacial score (nSPS) is 15.5. The van der Waals surface area contributed by atoms with E-state index in [0.717, 1.165) is 12.8 Å². The van der Waals surface area contributed by atoms with E-state index >= 15 is 0 Å². The van der Waals surface area contributed by atoms with Gasteiger partial charge in [-0.3, -0.25) is 0 Å². The van der Waals surface area contributed by atoms with Crippen LogP contribution in [0.15, 0.2) is 24.3 Å². The second kappa shape index (κ2) is 3.40. The molecule has 0 radical (unpaired) electrons. The van der Waals surface area contributed by atoms with Gasteiger partial charge in [-0.25, -0.2) is 0 Å². The van der Waals surface area contributed by atoms with Gasteiger partial charge in [0.05, 0.1) is 6.10 Å². The molecule has 1 aliphatic rings. The Balaban J connectivity index is 2.11. The maximum absolute atomic E-state index is 8.90. The Morgan fingerprint density at radius 2 is 2.08 bits per heavy atom. The first-order valence-corrected chi connectivity index (χ1v) is 4.38. The van der Waals surface area contributed by atoms with Crippen molar-refractivity contribution < 1.29 is 14.8 Å². The van der Waals surface area contributed by atoms with Crippen LogP contribution in [0.4, 0.5) is 0 Å². The molecule has 2 N–H and O–H groups in total. The first kappa shape index (κ1) is 8.60. The van der Waals surface area contributed by atoms with Crippen molar-refractivity contribution in [2.75, 3.05) is 0 Å². The molecule has 0 amide bonds. The summed E-state index contributed by atoms with van der Waals surface area (Å²) in [4.78, 5) is 0. The lowest BCUT2D eigenvalue weighted by atomic mass is 9.80. The van der Waals surface area contributed by atoms with Gasteiger partial charge < -0.3 is 14.8 Å². The largest absolute Gasteiger partial charge is 0.490 e. The van der Waals surface area contributed by atoms with Crippen LogP contribution in [0.5, 0.6) is 5.75 Å². The quantitative estimate of drug-likeness (QED) is 0.635. The van der Waals surface area contributed by atoms with Crippen molar-refractivity contribution in [2.45, 2.75) is 18.9 Å². The molecule has 1 aliphatic carbocycles. The topological polar surface area (TPSA) is 49.7 Å². The Labute approximate surface area is 77.1 Å². The van der Waals surface area contributed by atoms with Crippen LogP contribution in [0.3, 0.4) is 0 Å². The van der Waals surface area contributed by atoms with Gasteiger partial charge in [0, 0.05) is 0 Å². The molecule has 0 spiro atoms. The summed E-state index contributed by atoms with van der Waals surface area (Å²) in [5.41, 5.74) is 0.471. The third kappa shape index (κ3) is 2.23. The van der Waals surface area contributed by atoms with Crippen LogP contribution in [0, 0.1) is 0 Å². The van der Waals surface area contributed by atoms with Crippen LogP contribution >= 0.6 is 0 Å². The van der Waals surface area contributed by atoms with E-state index in [1.165, 1.54) is 0 Å². The molecule has 0 aromatic heterocycles. The van der Waals surface area contributed by atoms with Gasteiger partial charge in [0.1, 0.15) is 5.75 Å². The van der Waals surface area contributed by atoms with Crippen LogP contribution in [-0.4, -0.2) is 23.3 Å². The highest BCUT2D eigenvalue weighted by molar-refractivity contribution is 6.58. The average Bonchev–Trinajstić information content (AvgIpc) is 2.89. The lowest BCUT2D eigenvalue weighted by Gasteiger charge is -2.05. The van der Waals surface area contributed by atoms with Crippen LogP contribution in [0.25, 0.3) is 0 Å². The Hall–Kier alpha value is -0.995. The molecule has 1 aromatic carbocycles. The minimum atomic E-state index is -1.41. The Kier molecular flexibility index (Phi) is 2.25. The van der Waals surface area contributed by atoms with Gasteiger partial charge in [0.2, 0.25) is 0 Å². The van der Waals surface area contributed by atoms with E-state index in [1.807, 2.05) is 6.07 Å². The summed E-state index contributed by atoms with van der Waals surface area (Å²) in [6.45, 7) is 0. The van der Waals surface area contributed by atoms with Gasteiger partial charge >= 0.3 is 7.12 Å². The predicted molar refractivity (Wildman–Crippen MR) is 49.9 cm³/mol. The molecule has 0 unspecified atom stereocenters. The fourth-order valence-corrected chi connectivity index (χ4v) is 1.13. The Morgan fingerprint density at radius 3 is 2.69 bits per heavy atom. The average molecular weight is 178 g/mol. The van der Waals surface area contributed by atoms with Crippen LogP contribution < -0.4 is 10.2 Å². The first-order valence-electron chi connectivity index (χ1n) is 4.38. The highest BCUT2D eigenvalue weighted by Crippen LogP contribution is 2.25. The molecule has 1 fully saturated rings. The zero-order chi connectivity index (χ0) is 9.26. The zero-order valence-corrected chi connectivity index (χ0v) is 7.18. The zero-order valence-electron chi connectivity index (χ0n) is 7.18. The summed E-state index contributed by atoms with van der Waals surface area (Å²) in [6, 6.07) is 6.89. The molecule has 4 heteroatoms. The van der Waals surface area contributed by atoms with E-state index in [4.69, 9.17) is 14.8 Å². The predicted octanol–water partition coefficient (Wildman–Crippen LogP) is -0.0924. The second-order valence-corrected chi connectivity index (χ2v) is 3.26. The van der Waals surface area contributed by atoms with Crippen molar-refractivity contribution in [1.29, 1.82) is 0 Å². The van der Waals surface area contributed by atoms with E-state index in [1.54, 1.807) is 18.2 Å². The molecule has 2 rings (SSSR count). The van der Waals surface area contributed by atoms with Crippen molar-refractivity contribution in [3.63, 3.8) is 0 Å². The fourth-order valence-electron chi connectivity index (χ4n) is 1.13. The number of rotatable bonds is 3. The van der Waals surface area contributed by atoms with E-state index in [0.29, 0.717) is 17.3 Å². The molecule has 13 heavy (non-hydrogen) atoms. The Morgan fingerprint density at radius 1 is 1.31 bits per heavy atom. The molecule has 68 valence electrons. The molecule has 0 saturated heterocycles. The Bertz CT molecular complexity index is 297. The van der Waals surface area contributed by atoms with Crippen molar-refractivity contribution >= 4 is 12.6 Å². The van der Waals surface area contributed by atoms with Gasteiger partial charge in [0.25, 0.3) is 0 Å². The minimum absolute atomic E-state index is 0.339. The maximum Gasteiger partial charge on any atom is 0.488 e. The summed E-state index contributed by atoms with van der Waals surface area (Å²) in [6.07, 6.45) is 2.55. The van der Waals surface area contributed by atoms with Gasteiger partial charge in [-0.15, -0.1) is 0 Å². The van der Waals surface area contributed by atoms with Crippen molar-refractivity contribution in [1.82, 2.24) is 0 Å². The SMILES string of the molecule is OB(O)c1cccc(OC2CC2)c1. The van der Waals surface area contributed by atoms with Gasteiger partial charge in [0.15, 0.2) is 0 Å². The summed E-state index contributed by atoms with van der Waals surface area (Å²) in [5, 5.41) is 17.8. The summed E-state index contributed by atoms with van der Waals surface area (Å²) >= 11 is 0. The first-order chi connectivity index (χ1) is 6.25. The molecule has 0 atom stereocenters. The maximum atomic E-state index is 8.90. The lowest BCUT2D eigenvalue weighted by Crippen LogP contribution is -2.29. The van der Waals surface area contributed by atoms with E-state index in [-0.39, 0.29) is 0 Å². The molecule has 0 bridgehead atoms. The smallest absolute Gasteiger partial charge is 0.488 e. The van der Waals surface area contributed by atoms with Gasteiger partial charge in [-0.05, 0) is 30.4 Å². The standard InChI is InChI=1S/C9H11BO3/c11-10(12)7-2-1-3-9(6-7)13-8-4-5-8/h1-3,6,8,11-12H,4-5H2. The van der Waals surface area contributed by atoms with Crippen LogP contribution in [0.1, 0.15) is 12.8 Å². The van der Waals surface area contributed by atoms with E-state index < -0.39 is 7.12 Å². The van der Waals surface area contributed by atoms with E-state index in [9.17, 15) is 0 Å². The van der Waals surface area contributed by atoms with Crippen molar-refractivity contribution in [3.8, 4) is 5.75 Å². The third-order valence-electron chi connectivity index (χ3n) is 1.98. The minimum Gasteiger partial charge on any atom is -0.490 e. The molecule has 1 saturated carbocycles. The third-order valence-corrected chi connectivity index (χ3v) is 1.98. The highest BCUT2D eigenvalue weighted by Gasteiger charge is 2.23. The van der Waals surface area contributed by atoms with Crippen LogP contribution in [0.2, 0.25) is 0 Å². The number of benzene rings is 1. The highest BCUT2D eigenvalue weighted by atomic mass is 16.5. The molecule has 3 nitrogen and oxygen atoms in total. The molecule has 1 aromatic rings. The monoisotopic (exact) mass is 178 g/mol. The van der Waals surface area contributed by atoms with Crippen molar-refractivity contribution in [2.24, 2.45) is 0 Å².